The van der Waals surface area contributed by atoms with Crippen molar-refractivity contribution >= 4 is 22.4 Å². The second kappa shape index (κ2) is 21.1. The molecule has 9 rings (SSSR count). The molecule has 1 aliphatic rings. The van der Waals surface area contributed by atoms with E-state index in [4.69, 9.17) is 41.4 Å². The summed E-state index contributed by atoms with van der Waals surface area (Å²) in [6.07, 6.45) is 0. The second-order valence-electron chi connectivity index (χ2n) is 19.1. The zero-order chi connectivity index (χ0) is 50.4. The Morgan fingerprint density at radius 1 is 0.375 bits per heavy atom. The van der Waals surface area contributed by atoms with Crippen LogP contribution >= 0.6 is 22.4 Å². The van der Waals surface area contributed by atoms with Gasteiger partial charge in [0, 0.05) is 17.5 Å². The Morgan fingerprint density at radius 2 is 0.694 bits per heavy atom. The summed E-state index contributed by atoms with van der Waals surface area (Å²) in [7, 11) is -11.2. The van der Waals surface area contributed by atoms with Crippen LogP contribution in [-0.4, -0.2) is 18.4 Å². The molecule has 0 fully saturated rings. The van der Waals surface area contributed by atoms with Crippen LogP contribution in [0.15, 0.2) is 232 Å². The Hall–Kier alpha value is -6.75. The van der Waals surface area contributed by atoms with E-state index in [1.807, 2.05) is 159 Å². The van der Waals surface area contributed by atoms with Crippen molar-refractivity contribution in [3.05, 3.63) is 252 Å². The average Bonchev–Trinajstić information content (AvgIpc) is 3.37. The Balaban J connectivity index is 1.26. The predicted molar refractivity (Wildman–Crippen MR) is 296 cm³/mol. The summed E-state index contributed by atoms with van der Waals surface area (Å²) >= 11 is 0. The lowest BCUT2D eigenvalue weighted by Crippen LogP contribution is -2.23. The highest BCUT2D eigenvalue weighted by Crippen LogP contribution is 2.72. The van der Waals surface area contributed by atoms with Crippen molar-refractivity contribution in [1.82, 2.24) is 0 Å². The first kappa shape index (κ1) is 50.2. The molecule has 0 aromatic heterocycles. The highest BCUT2D eigenvalue weighted by molar-refractivity contribution is 7.70. The predicted octanol–water partition coefficient (Wildman–Crippen LogP) is 18.1. The van der Waals surface area contributed by atoms with E-state index in [0.717, 1.165) is 11.1 Å². The SMILES string of the molecule is Cc1ccc(C(C)(C)c2ccc(OC3N=P(Oc4ccccc4)(Oc4ccccc4)N=P(Oc4ccccc4)(Oc4ccc(C(C)(C)c5ccc(C)cc5)cc4)C(C)N=P3(C)Oc3ccccc3)cc2)cc1. The average molecular weight is 1010 g/mol. The fourth-order valence-electron chi connectivity index (χ4n) is 8.42. The van der Waals surface area contributed by atoms with Crippen LogP contribution in [0, 0.1) is 13.8 Å². The molecular formula is C60H62N3O6P3. The largest absolute Gasteiger partial charge is 0.460 e. The van der Waals surface area contributed by atoms with Gasteiger partial charge in [-0.1, -0.05) is 184 Å². The number of rotatable bonds is 16. The summed E-state index contributed by atoms with van der Waals surface area (Å²) in [6, 6.07) is 71.8. The monoisotopic (exact) mass is 1010 g/mol. The van der Waals surface area contributed by atoms with Crippen molar-refractivity contribution in [3.63, 3.8) is 0 Å². The molecule has 9 nitrogen and oxygen atoms in total. The van der Waals surface area contributed by atoms with Crippen LogP contribution < -0.4 is 27.4 Å². The topological polar surface area (TPSA) is 92.5 Å². The smallest absolute Gasteiger partial charge is 0.452 e. The van der Waals surface area contributed by atoms with Crippen LogP contribution in [0.3, 0.4) is 0 Å². The number of para-hydroxylation sites is 4. The molecule has 4 unspecified atom stereocenters. The van der Waals surface area contributed by atoms with Crippen molar-refractivity contribution < 1.29 is 27.4 Å². The maximum absolute atomic E-state index is 7.36. The molecule has 1 heterocycles. The zero-order valence-corrected chi connectivity index (χ0v) is 44.8. The van der Waals surface area contributed by atoms with Crippen LogP contribution in [-0.2, 0) is 10.8 Å². The molecule has 0 bridgehead atoms. The van der Waals surface area contributed by atoms with Gasteiger partial charge < -0.3 is 27.4 Å². The van der Waals surface area contributed by atoms with Gasteiger partial charge in [-0.15, -0.1) is 4.52 Å². The maximum atomic E-state index is 7.36. The van der Waals surface area contributed by atoms with Gasteiger partial charge in [-0.3, -0.25) is 0 Å². The molecule has 0 saturated heterocycles. The second-order valence-corrected chi connectivity index (χ2v) is 26.4. The summed E-state index contributed by atoms with van der Waals surface area (Å²) in [6.45, 7) is 17.1. The van der Waals surface area contributed by atoms with Crippen LogP contribution in [0.25, 0.3) is 0 Å². The maximum Gasteiger partial charge on any atom is 0.452 e. The van der Waals surface area contributed by atoms with Gasteiger partial charge in [0.1, 0.15) is 34.5 Å². The molecule has 0 saturated carbocycles. The lowest BCUT2D eigenvalue weighted by molar-refractivity contribution is 0.276. The Kier molecular flexibility index (Phi) is 14.7. The number of ether oxygens (including phenoxy) is 1. The summed E-state index contributed by atoms with van der Waals surface area (Å²) in [5, 5.41) is 0. The Bertz CT molecular complexity index is 3200. The van der Waals surface area contributed by atoms with Crippen molar-refractivity contribution in [2.75, 3.05) is 6.66 Å². The molecule has 8 aromatic carbocycles. The van der Waals surface area contributed by atoms with E-state index in [1.54, 1.807) is 0 Å². The molecule has 12 heteroatoms. The van der Waals surface area contributed by atoms with Gasteiger partial charge in [-0.05, 0) is 116 Å². The summed E-state index contributed by atoms with van der Waals surface area (Å²) in [5.74, 6) is 1.25. The van der Waals surface area contributed by atoms with Crippen LogP contribution in [0.5, 0.6) is 34.5 Å². The number of nitrogens with zero attached hydrogens (tertiary/aromatic N) is 3. The fraction of sp³-hybridized carbons (Fsp3) is 0.200. The minimum Gasteiger partial charge on any atom is -0.460 e. The van der Waals surface area contributed by atoms with Gasteiger partial charge in [-0.2, -0.15) is 4.74 Å². The van der Waals surface area contributed by atoms with Crippen molar-refractivity contribution in [1.29, 1.82) is 0 Å². The highest BCUT2D eigenvalue weighted by atomic mass is 31.2. The first-order valence-electron chi connectivity index (χ1n) is 24.2. The molecule has 1 aliphatic heterocycles. The first-order valence-corrected chi connectivity index (χ1v) is 29.5. The molecule has 4 atom stereocenters. The molecule has 8 aromatic rings. The van der Waals surface area contributed by atoms with Crippen LogP contribution in [0.4, 0.5) is 0 Å². The molecule has 368 valence electrons. The molecule has 0 spiro atoms. The van der Waals surface area contributed by atoms with Crippen molar-refractivity contribution in [2.45, 2.75) is 71.0 Å². The molecule has 72 heavy (non-hydrogen) atoms. The summed E-state index contributed by atoms with van der Waals surface area (Å²) in [5.41, 5.74) is 6.49. The molecular weight excluding hydrogens is 952 g/mol. The van der Waals surface area contributed by atoms with E-state index < -0.39 is 34.2 Å². The van der Waals surface area contributed by atoms with E-state index in [1.165, 1.54) is 22.3 Å². The first-order chi connectivity index (χ1) is 34.6. The fourth-order valence-corrected chi connectivity index (χ4v) is 17.5. The molecule has 0 amide bonds. The Morgan fingerprint density at radius 3 is 1.08 bits per heavy atom. The minimum absolute atomic E-state index is 0.282. The van der Waals surface area contributed by atoms with Crippen LogP contribution in [0.1, 0.15) is 68.0 Å². The van der Waals surface area contributed by atoms with E-state index in [2.05, 4.69) is 114 Å². The standard InChI is InChI=1S/C60H62N3O6P3/c1-45-29-33-48(34-30-45)59(4,5)50-37-41-52(42-38-50)64-58-62-72(68-55-25-17-11-18-26-55,69-56-27-19-12-20-28-56)63-71(66-54-23-15-10-16-24-54,47(3)61-70(58,8)65-53-21-13-9-14-22-53)67-57-43-39-51(40-44-57)60(6,7)49-35-31-46(2)32-36-49/h9-44,47,58H,1-8H3. The van der Waals surface area contributed by atoms with Crippen molar-refractivity contribution in [3.8, 4) is 34.5 Å². The number of aryl methyl sites for hydroxylation is 2. The normalized spacial score (nSPS) is 19.7. The number of hydrogen-bond acceptors (Lipinski definition) is 9. The van der Waals surface area contributed by atoms with E-state index in [-0.39, 0.29) is 10.8 Å². The lowest BCUT2D eigenvalue weighted by Gasteiger charge is -2.37. The third kappa shape index (κ3) is 11.5. The van der Waals surface area contributed by atoms with Gasteiger partial charge in [0.2, 0.25) is 0 Å². The van der Waals surface area contributed by atoms with Gasteiger partial charge in [-0.25, -0.2) is 4.74 Å². The van der Waals surface area contributed by atoms with E-state index >= 15 is 0 Å². The minimum atomic E-state index is -4.06. The van der Waals surface area contributed by atoms with Gasteiger partial charge in [0.05, 0.1) is 0 Å². The molecule has 0 radical (unpaired) electrons. The summed E-state index contributed by atoms with van der Waals surface area (Å²) < 4.78 is 60.2. The third-order valence-corrected chi connectivity index (χ3v) is 21.0. The Labute approximate surface area is 425 Å². The lowest BCUT2D eigenvalue weighted by atomic mass is 9.78. The van der Waals surface area contributed by atoms with Crippen molar-refractivity contribution in [2.24, 2.45) is 14.0 Å². The number of hydrogen-bond donors (Lipinski definition) is 0. The molecule has 0 aliphatic carbocycles. The zero-order valence-electron chi connectivity index (χ0n) is 42.1. The van der Waals surface area contributed by atoms with Crippen LogP contribution in [0.2, 0.25) is 0 Å². The third-order valence-electron chi connectivity index (χ3n) is 12.9. The number of benzene rings is 8. The van der Waals surface area contributed by atoms with Gasteiger partial charge in [0.25, 0.3) is 5.97 Å². The molecule has 0 N–H and O–H groups in total. The quantitative estimate of drug-likeness (QED) is 0.0896. The van der Waals surface area contributed by atoms with E-state index in [9.17, 15) is 0 Å². The summed E-state index contributed by atoms with van der Waals surface area (Å²) in [4.78, 5) is 0. The van der Waals surface area contributed by atoms with Gasteiger partial charge in [0.15, 0.2) is 13.1 Å². The van der Waals surface area contributed by atoms with Gasteiger partial charge >= 0.3 is 15.2 Å². The highest BCUT2D eigenvalue weighted by Gasteiger charge is 2.47. The van der Waals surface area contributed by atoms with E-state index in [0.29, 0.717) is 34.5 Å².